The van der Waals surface area contributed by atoms with Gasteiger partial charge in [0.05, 0.1) is 13.2 Å². The second-order valence-electron chi connectivity index (χ2n) is 6.28. The van der Waals surface area contributed by atoms with Crippen molar-refractivity contribution in [1.82, 2.24) is 10.6 Å². The Balaban J connectivity index is 1.88. The van der Waals surface area contributed by atoms with Gasteiger partial charge in [-0.1, -0.05) is 23.7 Å². The lowest BCUT2D eigenvalue weighted by Crippen LogP contribution is -2.39. The summed E-state index contributed by atoms with van der Waals surface area (Å²) >= 11 is 6.01. The molecule has 1 atom stereocenters. The first kappa shape index (κ1) is 19.0. The molecule has 1 fully saturated rings. The van der Waals surface area contributed by atoms with Gasteiger partial charge in [0, 0.05) is 36.7 Å². The van der Waals surface area contributed by atoms with Crippen LogP contribution in [0.5, 0.6) is 0 Å². The second kappa shape index (κ2) is 9.87. The molecule has 1 unspecified atom stereocenters. The molecule has 0 amide bonds. The number of guanidine groups is 1. The minimum absolute atomic E-state index is 0.0238. The van der Waals surface area contributed by atoms with Crippen LogP contribution >= 0.6 is 11.6 Å². The summed E-state index contributed by atoms with van der Waals surface area (Å²) in [4.78, 5) is 4.71. The summed E-state index contributed by atoms with van der Waals surface area (Å²) < 4.78 is 5.52. The lowest BCUT2D eigenvalue weighted by molar-refractivity contribution is 0.131. The summed E-state index contributed by atoms with van der Waals surface area (Å²) in [6.45, 7) is 5.93. The van der Waals surface area contributed by atoms with E-state index < -0.39 is 0 Å². The van der Waals surface area contributed by atoms with Crippen molar-refractivity contribution in [3.63, 3.8) is 0 Å². The Labute approximate surface area is 149 Å². The van der Waals surface area contributed by atoms with Crippen LogP contribution in [0.4, 0.5) is 0 Å². The fourth-order valence-corrected chi connectivity index (χ4v) is 3.11. The van der Waals surface area contributed by atoms with Crippen molar-refractivity contribution >= 4 is 17.6 Å². The zero-order valence-corrected chi connectivity index (χ0v) is 15.1. The standard InChI is InChI=1S/C18H28ClN3O2/c1-2-20-17(21-9-6-15-4-3-5-16(19)12-15)22-13-18(7-10-23)8-11-24-14-18/h3-5,12,23H,2,6-11,13-14H2,1H3,(H2,20,21,22). The van der Waals surface area contributed by atoms with Gasteiger partial charge in [0.15, 0.2) is 5.96 Å². The van der Waals surface area contributed by atoms with Gasteiger partial charge in [-0.3, -0.25) is 4.99 Å². The molecule has 3 N–H and O–H groups in total. The number of halogens is 1. The molecule has 0 radical (unpaired) electrons. The normalized spacial score (nSPS) is 21.0. The van der Waals surface area contributed by atoms with E-state index in [1.807, 2.05) is 18.2 Å². The van der Waals surface area contributed by atoms with Crippen LogP contribution in [0.25, 0.3) is 0 Å². The molecular formula is C18H28ClN3O2. The highest BCUT2D eigenvalue weighted by Gasteiger charge is 2.34. The quantitative estimate of drug-likeness (QED) is 0.495. The van der Waals surface area contributed by atoms with E-state index in [0.717, 1.165) is 49.9 Å². The van der Waals surface area contributed by atoms with Gasteiger partial charge >= 0.3 is 0 Å². The third kappa shape index (κ3) is 5.96. The van der Waals surface area contributed by atoms with E-state index in [1.54, 1.807) is 0 Å². The SMILES string of the molecule is CCNC(=NCC1(CCO)CCOC1)NCCc1cccc(Cl)c1. The van der Waals surface area contributed by atoms with Gasteiger partial charge in [0.25, 0.3) is 0 Å². The highest BCUT2D eigenvalue weighted by atomic mass is 35.5. The zero-order valence-electron chi connectivity index (χ0n) is 14.4. The molecule has 0 saturated carbocycles. The molecule has 24 heavy (non-hydrogen) atoms. The number of aliphatic hydroxyl groups excluding tert-OH is 1. The van der Waals surface area contributed by atoms with Crippen molar-refractivity contribution in [1.29, 1.82) is 0 Å². The van der Waals surface area contributed by atoms with Crippen LogP contribution in [0.1, 0.15) is 25.3 Å². The zero-order chi connectivity index (χ0) is 17.3. The highest BCUT2D eigenvalue weighted by Crippen LogP contribution is 2.32. The predicted octanol–water partition coefficient (Wildman–Crippen LogP) is 2.23. The Bertz CT molecular complexity index is 531. The maximum absolute atomic E-state index is 9.30. The largest absolute Gasteiger partial charge is 0.396 e. The fraction of sp³-hybridized carbons (Fsp3) is 0.611. The van der Waals surface area contributed by atoms with Crippen molar-refractivity contribution < 1.29 is 9.84 Å². The molecule has 0 aromatic heterocycles. The monoisotopic (exact) mass is 353 g/mol. The van der Waals surface area contributed by atoms with Gasteiger partial charge in [-0.2, -0.15) is 0 Å². The number of aliphatic imine (C=N–C) groups is 1. The molecule has 0 bridgehead atoms. The van der Waals surface area contributed by atoms with Crippen molar-refractivity contribution in [3.05, 3.63) is 34.9 Å². The molecule has 5 nitrogen and oxygen atoms in total. The number of hydrogen-bond donors (Lipinski definition) is 3. The van der Waals surface area contributed by atoms with Gasteiger partial charge in [-0.15, -0.1) is 0 Å². The third-order valence-electron chi connectivity index (χ3n) is 4.34. The molecule has 1 aromatic rings. The molecular weight excluding hydrogens is 326 g/mol. The third-order valence-corrected chi connectivity index (χ3v) is 4.57. The van der Waals surface area contributed by atoms with E-state index >= 15 is 0 Å². The van der Waals surface area contributed by atoms with E-state index in [4.69, 9.17) is 21.3 Å². The average Bonchev–Trinajstić information content (AvgIpc) is 3.02. The summed E-state index contributed by atoms with van der Waals surface area (Å²) in [7, 11) is 0. The van der Waals surface area contributed by atoms with Crippen LogP contribution in [0.15, 0.2) is 29.3 Å². The summed E-state index contributed by atoms with van der Waals surface area (Å²) in [5.41, 5.74) is 1.18. The first-order valence-electron chi connectivity index (χ1n) is 8.63. The van der Waals surface area contributed by atoms with Crippen LogP contribution < -0.4 is 10.6 Å². The first-order valence-corrected chi connectivity index (χ1v) is 9.00. The Hall–Kier alpha value is -1.30. The summed E-state index contributed by atoms with van der Waals surface area (Å²) in [6, 6.07) is 7.91. The van der Waals surface area contributed by atoms with Crippen LogP contribution in [0, 0.1) is 5.41 Å². The van der Waals surface area contributed by atoms with Gasteiger partial charge in [0.1, 0.15) is 0 Å². The molecule has 1 saturated heterocycles. The summed E-state index contributed by atoms with van der Waals surface area (Å²) in [5, 5.41) is 16.7. The molecule has 2 rings (SSSR count). The van der Waals surface area contributed by atoms with E-state index in [9.17, 15) is 5.11 Å². The number of benzene rings is 1. The van der Waals surface area contributed by atoms with E-state index in [-0.39, 0.29) is 12.0 Å². The lowest BCUT2D eigenvalue weighted by atomic mass is 9.84. The van der Waals surface area contributed by atoms with Crippen molar-refractivity contribution in [2.75, 3.05) is 39.5 Å². The van der Waals surface area contributed by atoms with Crippen molar-refractivity contribution in [3.8, 4) is 0 Å². The van der Waals surface area contributed by atoms with E-state index in [1.165, 1.54) is 5.56 Å². The van der Waals surface area contributed by atoms with Crippen LogP contribution in [-0.2, 0) is 11.2 Å². The Morgan fingerprint density at radius 2 is 2.29 bits per heavy atom. The number of aliphatic hydroxyl groups is 1. The fourth-order valence-electron chi connectivity index (χ4n) is 2.89. The predicted molar refractivity (Wildman–Crippen MR) is 98.7 cm³/mol. The molecule has 6 heteroatoms. The second-order valence-corrected chi connectivity index (χ2v) is 6.71. The molecule has 134 valence electrons. The number of nitrogens with one attached hydrogen (secondary N) is 2. The molecule has 0 spiro atoms. The van der Waals surface area contributed by atoms with Crippen LogP contribution in [0.3, 0.4) is 0 Å². The molecule has 1 aliphatic heterocycles. The van der Waals surface area contributed by atoms with Gasteiger partial charge in [-0.25, -0.2) is 0 Å². The Morgan fingerprint density at radius 1 is 1.42 bits per heavy atom. The number of nitrogens with zero attached hydrogens (tertiary/aromatic N) is 1. The number of ether oxygens (including phenoxy) is 1. The van der Waals surface area contributed by atoms with E-state index in [0.29, 0.717) is 13.2 Å². The minimum atomic E-state index is -0.0238. The molecule has 0 aliphatic carbocycles. The first-order chi connectivity index (χ1) is 11.7. The minimum Gasteiger partial charge on any atom is -0.396 e. The van der Waals surface area contributed by atoms with Gasteiger partial charge in [-0.05, 0) is 43.9 Å². The van der Waals surface area contributed by atoms with Crippen LogP contribution in [-0.4, -0.2) is 50.5 Å². The number of rotatable bonds is 8. The summed E-state index contributed by atoms with van der Waals surface area (Å²) in [6.07, 6.45) is 2.58. The lowest BCUT2D eigenvalue weighted by Gasteiger charge is -2.24. The molecule has 1 aliphatic rings. The van der Waals surface area contributed by atoms with Gasteiger partial charge in [0.2, 0.25) is 0 Å². The number of hydrogen-bond acceptors (Lipinski definition) is 3. The van der Waals surface area contributed by atoms with E-state index in [2.05, 4.69) is 23.6 Å². The van der Waals surface area contributed by atoms with Gasteiger partial charge < -0.3 is 20.5 Å². The molecule has 1 heterocycles. The van der Waals surface area contributed by atoms with Crippen molar-refractivity contribution in [2.24, 2.45) is 10.4 Å². The maximum Gasteiger partial charge on any atom is 0.191 e. The summed E-state index contributed by atoms with van der Waals surface area (Å²) in [5.74, 6) is 0.809. The maximum atomic E-state index is 9.30. The van der Waals surface area contributed by atoms with Crippen molar-refractivity contribution in [2.45, 2.75) is 26.2 Å². The smallest absolute Gasteiger partial charge is 0.191 e. The Morgan fingerprint density at radius 3 is 2.96 bits per heavy atom. The average molecular weight is 354 g/mol. The van der Waals surface area contributed by atoms with Crippen LogP contribution in [0.2, 0.25) is 5.02 Å². The Kier molecular flexibility index (Phi) is 7.82. The molecule has 1 aromatic carbocycles. The highest BCUT2D eigenvalue weighted by molar-refractivity contribution is 6.30. The topological polar surface area (TPSA) is 65.9 Å².